The van der Waals surface area contributed by atoms with Gasteiger partial charge in [0.15, 0.2) is 0 Å². The van der Waals surface area contributed by atoms with E-state index in [1.54, 1.807) is 5.32 Å². The minimum absolute atomic E-state index is 0.0404. The maximum absolute atomic E-state index is 14.8. The molecule has 2 aromatic carbocycles. The third-order valence-electron chi connectivity index (χ3n) is 4.02. The summed E-state index contributed by atoms with van der Waals surface area (Å²) in [5.41, 5.74) is -2.27. The van der Waals surface area contributed by atoms with Gasteiger partial charge >= 0.3 is 22.9 Å². The first-order chi connectivity index (χ1) is 14.4. The van der Waals surface area contributed by atoms with E-state index in [4.69, 9.17) is 5.73 Å². The van der Waals surface area contributed by atoms with Crippen molar-refractivity contribution in [2.24, 2.45) is 0 Å². The van der Waals surface area contributed by atoms with Gasteiger partial charge in [-0.1, -0.05) is 18.2 Å². The number of carbonyl (C=O) groups is 1. The van der Waals surface area contributed by atoms with Crippen LogP contribution in [0.25, 0.3) is 0 Å². The minimum Gasteiger partial charge on any atom is -0.399 e. The van der Waals surface area contributed by atoms with Crippen molar-refractivity contribution in [3.8, 4) is 0 Å². The molecule has 0 spiro atoms. The molecule has 15 heteroatoms. The highest BCUT2D eigenvalue weighted by Gasteiger charge is 2.85. The van der Waals surface area contributed by atoms with Gasteiger partial charge < -0.3 is 11.1 Å². The van der Waals surface area contributed by atoms with Crippen LogP contribution in [0, 0.1) is 0 Å². The summed E-state index contributed by atoms with van der Waals surface area (Å²) in [7, 11) is -6.60. The lowest BCUT2D eigenvalue weighted by Crippen LogP contribution is -2.57. The summed E-state index contributed by atoms with van der Waals surface area (Å²) >= 11 is 1.49. The molecule has 1 unspecified atom stereocenters. The van der Waals surface area contributed by atoms with Crippen LogP contribution in [0.2, 0.25) is 0 Å². The topological polar surface area (TPSA) is 55.1 Å². The molecule has 32 heavy (non-hydrogen) atoms. The lowest BCUT2D eigenvalue weighted by atomic mass is 10.2. The van der Waals surface area contributed by atoms with Crippen LogP contribution in [0.5, 0.6) is 0 Å². The number of nitrogens with one attached hydrogen (secondary N) is 1. The van der Waals surface area contributed by atoms with Crippen molar-refractivity contribution in [1.29, 1.82) is 0 Å². The molecule has 1 atom stereocenters. The zero-order chi connectivity index (χ0) is 24.8. The molecule has 0 heterocycles. The second kappa shape index (κ2) is 8.32. The van der Waals surface area contributed by atoms with Gasteiger partial charge in [-0.2, -0.15) is 39.5 Å². The number of alkyl halides is 10. The second-order valence-electron chi connectivity index (χ2n) is 6.15. The highest BCUT2D eigenvalue weighted by atomic mass is 79.9. The lowest BCUT2D eigenvalue weighted by Gasteiger charge is -2.47. The van der Waals surface area contributed by atoms with Crippen LogP contribution >= 0.6 is 23.3 Å². The maximum Gasteiger partial charge on any atom is 0.441 e. The van der Waals surface area contributed by atoms with Crippen LogP contribution in [0.1, 0.15) is 10.4 Å². The summed E-state index contributed by atoms with van der Waals surface area (Å²) in [6.45, 7) is 0. The summed E-state index contributed by atoms with van der Waals surface area (Å²) in [6.07, 6.45) is -14.0. The molecular weight excluding hydrogens is 550 g/mol. The normalized spacial score (nSPS) is 16.2. The number of benzene rings is 2. The molecule has 0 radical (unpaired) electrons. The second-order valence-corrected chi connectivity index (χ2v) is 11.6. The summed E-state index contributed by atoms with van der Waals surface area (Å²) in [5.74, 6) is -1.20. The molecule has 0 fully saturated rings. The van der Waals surface area contributed by atoms with Gasteiger partial charge in [-0.25, -0.2) is 4.39 Å². The molecule has 2 rings (SSSR count). The van der Waals surface area contributed by atoms with E-state index in [1.807, 2.05) is 0 Å². The van der Waals surface area contributed by atoms with Crippen molar-refractivity contribution in [2.45, 2.75) is 27.8 Å². The Morgan fingerprint density at radius 2 is 1.38 bits per heavy atom. The SMILES string of the molecule is Nc1cccc(C(=O)Nc2ccccc2S(Br)(C(F)(F)F)C(F)(C(F)(F)F)C(F)(F)F)c1. The van der Waals surface area contributed by atoms with Crippen LogP contribution in [0.15, 0.2) is 53.4 Å². The van der Waals surface area contributed by atoms with Crippen molar-refractivity contribution in [1.82, 2.24) is 0 Å². The maximum atomic E-state index is 14.8. The molecule has 178 valence electrons. The number of hydrogen-bond acceptors (Lipinski definition) is 2. The van der Waals surface area contributed by atoms with E-state index >= 15 is 0 Å². The first kappa shape index (κ1) is 26.1. The fourth-order valence-corrected chi connectivity index (χ4v) is 6.75. The first-order valence-electron chi connectivity index (χ1n) is 8.05. The predicted molar refractivity (Wildman–Crippen MR) is 102 cm³/mol. The Kier molecular flexibility index (Phi) is 6.78. The fraction of sp³-hybridized carbons (Fsp3) is 0.235. The summed E-state index contributed by atoms with van der Waals surface area (Å²) in [5, 5.41) is -4.94. The van der Waals surface area contributed by atoms with E-state index in [1.165, 1.54) is 26.9 Å². The molecule has 0 aliphatic heterocycles. The van der Waals surface area contributed by atoms with Crippen molar-refractivity contribution in [2.75, 3.05) is 11.1 Å². The Morgan fingerprint density at radius 3 is 1.84 bits per heavy atom. The first-order valence-corrected chi connectivity index (χ1v) is 11.5. The van der Waals surface area contributed by atoms with Gasteiger partial charge in [0.2, 0.25) is 0 Å². The average Bonchev–Trinajstić information content (AvgIpc) is 2.64. The lowest BCUT2D eigenvalue weighted by molar-refractivity contribution is -0.306. The molecule has 0 bridgehead atoms. The van der Waals surface area contributed by atoms with Gasteiger partial charge in [0, 0.05) is 16.1 Å². The standard InChI is InChI=1S/C17H11BrF10N2OS/c18-32(17(26,27)28,14(19,15(20,21)22)16(23,24)25)12-7-2-1-6-11(12)30-13(31)9-4-3-5-10(29)8-9/h1-8H,29H2,(H,30,31). The number of rotatable bonds is 4. The third-order valence-corrected chi connectivity index (χ3v) is 10.3. The van der Waals surface area contributed by atoms with E-state index in [9.17, 15) is 48.7 Å². The molecule has 0 aliphatic rings. The van der Waals surface area contributed by atoms with Crippen molar-refractivity contribution >= 4 is 40.6 Å². The molecule has 0 saturated heterocycles. The summed E-state index contributed by atoms with van der Waals surface area (Å²) in [4.78, 5) is 10.6. The number of halogens is 11. The van der Waals surface area contributed by atoms with Gasteiger partial charge in [-0.05, 0) is 53.6 Å². The van der Waals surface area contributed by atoms with E-state index in [2.05, 4.69) is 0 Å². The highest BCUT2D eigenvalue weighted by molar-refractivity contribution is 9.58. The smallest absolute Gasteiger partial charge is 0.399 e. The number of carbonyl (C=O) groups excluding carboxylic acids is 1. The monoisotopic (exact) mass is 560 g/mol. The third kappa shape index (κ3) is 4.23. The van der Waals surface area contributed by atoms with Gasteiger partial charge in [-0.15, -0.1) is 0 Å². The highest BCUT2D eigenvalue weighted by Crippen LogP contribution is 2.86. The molecule has 0 saturated carbocycles. The Bertz CT molecular complexity index is 994. The molecule has 3 nitrogen and oxygen atoms in total. The summed E-state index contributed by atoms with van der Waals surface area (Å²) in [6, 6.07) is 7.24. The minimum atomic E-state index is -7.02. The van der Waals surface area contributed by atoms with Gasteiger partial charge in [0.1, 0.15) is 0 Å². The molecule has 1 amide bonds. The van der Waals surface area contributed by atoms with Crippen LogP contribution in [0.3, 0.4) is 0 Å². The number of para-hydroxylation sites is 1. The Hall–Kier alpha value is -2.16. The van der Waals surface area contributed by atoms with E-state index in [0.29, 0.717) is 12.1 Å². The van der Waals surface area contributed by atoms with E-state index in [-0.39, 0.29) is 17.3 Å². The number of amides is 1. The average molecular weight is 561 g/mol. The zero-order valence-corrected chi connectivity index (χ0v) is 17.6. The molecule has 2 aromatic rings. The van der Waals surface area contributed by atoms with Crippen LogP contribution in [0.4, 0.5) is 55.3 Å². The van der Waals surface area contributed by atoms with Gasteiger partial charge in [-0.3, -0.25) is 4.79 Å². The van der Waals surface area contributed by atoms with Gasteiger partial charge in [0.05, 0.1) is 5.69 Å². The van der Waals surface area contributed by atoms with Crippen molar-refractivity contribution < 1.29 is 48.7 Å². The number of hydrogen-bond donors (Lipinski definition) is 2. The molecule has 0 aromatic heterocycles. The predicted octanol–water partition coefficient (Wildman–Crippen LogP) is 7.30. The Morgan fingerprint density at radius 1 is 0.844 bits per heavy atom. The largest absolute Gasteiger partial charge is 0.441 e. The molecule has 0 aliphatic carbocycles. The number of nitrogen functional groups attached to an aromatic ring is 1. The number of anilines is 2. The van der Waals surface area contributed by atoms with Crippen molar-refractivity contribution in [3.05, 3.63) is 54.1 Å². The summed E-state index contributed by atoms with van der Waals surface area (Å²) < 4.78 is 136. The van der Waals surface area contributed by atoms with Crippen LogP contribution < -0.4 is 11.1 Å². The van der Waals surface area contributed by atoms with E-state index in [0.717, 1.165) is 18.2 Å². The number of nitrogens with two attached hydrogens (primary N) is 1. The quantitative estimate of drug-likeness (QED) is 0.304. The fourth-order valence-electron chi connectivity index (χ4n) is 2.60. The Labute approximate surface area is 182 Å². The molecule has 3 N–H and O–H groups in total. The van der Waals surface area contributed by atoms with Crippen LogP contribution in [-0.2, 0) is 0 Å². The van der Waals surface area contributed by atoms with Crippen LogP contribution in [-0.4, -0.2) is 28.8 Å². The Balaban J connectivity index is 2.78. The van der Waals surface area contributed by atoms with E-state index < -0.39 is 47.8 Å². The van der Waals surface area contributed by atoms with Gasteiger partial charge in [0.25, 0.3) is 5.91 Å². The molecular formula is C17H11BrF10N2OS. The van der Waals surface area contributed by atoms with Crippen molar-refractivity contribution in [3.63, 3.8) is 0 Å². The zero-order valence-electron chi connectivity index (χ0n) is 15.2.